The van der Waals surface area contributed by atoms with Crippen molar-refractivity contribution in [2.75, 3.05) is 13.1 Å². The van der Waals surface area contributed by atoms with Crippen molar-refractivity contribution in [3.8, 4) is 11.5 Å². The van der Waals surface area contributed by atoms with E-state index in [2.05, 4.69) is 10.6 Å². The number of hydrogen-bond acceptors (Lipinski definition) is 5. The van der Waals surface area contributed by atoms with E-state index in [4.69, 9.17) is 14.6 Å². The maximum Gasteiger partial charge on any atom is 0.306 e. The Morgan fingerprint density at radius 2 is 1.34 bits per heavy atom. The average molecular weight is 527 g/mol. The minimum absolute atomic E-state index is 0.00935. The third-order valence-electron chi connectivity index (χ3n) is 7.30. The third-order valence-corrected chi connectivity index (χ3v) is 7.30. The highest BCUT2D eigenvalue weighted by molar-refractivity contribution is 5.94. The van der Waals surface area contributed by atoms with Crippen LogP contribution in [0.5, 0.6) is 11.5 Å². The Labute approximate surface area is 221 Å². The van der Waals surface area contributed by atoms with Crippen molar-refractivity contribution >= 4 is 17.8 Å². The highest BCUT2D eigenvalue weighted by atomic mass is 19.1. The molecule has 0 aliphatic heterocycles. The zero-order valence-electron chi connectivity index (χ0n) is 21.4. The molecule has 0 unspecified atom stereocenters. The fraction of sp³-hybridized carbons (Fsp3) is 0.483. The molecule has 0 spiro atoms. The standard InChI is InChI=1S/C29H35FN2O6/c30-22-2-1-3-26(18-22)38-25-12-6-20(7-13-25)28(34)32-17-16-31-27(33)19-4-10-23(11-5-19)37-24-14-8-21(9-15-24)29(35)36/h1-5,10-11,18,20-21,24-25H,6-9,12-17H2,(H,31,33)(H,32,34)(H,35,36)/t20-,21-,24+,25-. The lowest BCUT2D eigenvalue weighted by molar-refractivity contribution is -0.143. The number of carboxylic acid groups (broad SMARTS) is 1. The van der Waals surface area contributed by atoms with Crippen molar-refractivity contribution in [1.29, 1.82) is 0 Å². The number of aliphatic carboxylic acids is 1. The van der Waals surface area contributed by atoms with Gasteiger partial charge in [0.1, 0.15) is 17.3 Å². The number of nitrogens with one attached hydrogen (secondary N) is 2. The largest absolute Gasteiger partial charge is 0.490 e. The number of carbonyl (C=O) groups is 3. The van der Waals surface area contributed by atoms with E-state index < -0.39 is 5.97 Å². The number of carboxylic acids is 1. The van der Waals surface area contributed by atoms with Crippen molar-refractivity contribution < 1.29 is 33.4 Å². The third kappa shape index (κ3) is 7.94. The van der Waals surface area contributed by atoms with Gasteiger partial charge in [0.15, 0.2) is 0 Å². The Balaban J connectivity index is 1.10. The van der Waals surface area contributed by atoms with E-state index in [1.165, 1.54) is 12.1 Å². The molecule has 2 fully saturated rings. The molecule has 0 atom stereocenters. The van der Waals surface area contributed by atoms with E-state index >= 15 is 0 Å². The number of ether oxygens (including phenoxy) is 2. The lowest BCUT2D eigenvalue weighted by Gasteiger charge is -2.28. The van der Waals surface area contributed by atoms with Gasteiger partial charge < -0.3 is 25.2 Å². The van der Waals surface area contributed by atoms with Gasteiger partial charge in [-0.25, -0.2) is 4.39 Å². The van der Waals surface area contributed by atoms with Crippen LogP contribution < -0.4 is 20.1 Å². The van der Waals surface area contributed by atoms with Gasteiger partial charge in [-0.15, -0.1) is 0 Å². The Morgan fingerprint density at radius 1 is 0.763 bits per heavy atom. The maximum absolute atomic E-state index is 13.3. The van der Waals surface area contributed by atoms with Crippen LogP contribution in [0.2, 0.25) is 0 Å². The van der Waals surface area contributed by atoms with Crippen LogP contribution in [0.15, 0.2) is 48.5 Å². The van der Waals surface area contributed by atoms with Crippen LogP contribution in [0, 0.1) is 17.7 Å². The minimum Gasteiger partial charge on any atom is -0.490 e. The first kappa shape index (κ1) is 27.4. The van der Waals surface area contributed by atoms with E-state index in [9.17, 15) is 18.8 Å². The predicted octanol–water partition coefficient (Wildman–Crippen LogP) is 4.33. The molecule has 4 rings (SSSR count). The predicted molar refractivity (Wildman–Crippen MR) is 139 cm³/mol. The van der Waals surface area contributed by atoms with Crippen molar-refractivity contribution in [3.63, 3.8) is 0 Å². The maximum atomic E-state index is 13.3. The van der Waals surface area contributed by atoms with Gasteiger partial charge in [0.05, 0.1) is 18.1 Å². The SMILES string of the molecule is O=C(NCCNC(=O)[C@H]1CC[C@H](Oc2cccc(F)c2)CC1)c1ccc(O[C@H]2CC[C@@H](C(=O)O)CC2)cc1. The topological polar surface area (TPSA) is 114 Å². The van der Waals surface area contributed by atoms with Gasteiger partial charge >= 0.3 is 5.97 Å². The summed E-state index contributed by atoms with van der Waals surface area (Å²) >= 11 is 0. The van der Waals surface area contributed by atoms with E-state index in [0.29, 0.717) is 68.7 Å². The molecule has 8 nitrogen and oxygen atoms in total. The van der Waals surface area contributed by atoms with E-state index in [1.807, 2.05) is 0 Å². The summed E-state index contributed by atoms with van der Waals surface area (Å²) in [6, 6.07) is 13.0. The summed E-state index contributed by atoms with van der Waals surface area (Å²) in [6.45, 7) is 0.651. The summed E-state index contributed by atoms with van der Waals surface area (Å²) in [5, 5.41) is 14.8. The molecule has 0 saturated heterocycles. The van der Waals surface area contributed by atoms with E-state index in [1.54, 1.807) is 36.4 Å². The van der Waals surface area contributed by atoms with Crippen LogP contribution >= 0.6 is 0 Å². The summed E-state index contributed by atoms with van der Waals surface area (Å²) in [6.07, 6.45) is 5.47. The number of benzene rings is 2. The molecule has 38 heavy (non-hydrogen) atoms. The second-order valence-electron chi connectivity index (χ2n) is 10.0. The van der Waals surface area contributed by atoms with Gasteiger partial charge in [-0.2, -0.15) is 0 Å². The summed E-state index contributed by atoms with van der Waals surface area (Å²) in [4.78, 5) is 36.0. The van der Waals surface area contributed by atoms with Crippen LogP contribution in [-0.4, -0.2) is 48.2 Å². The molecule has 0 bridgehead atoms. The zero-order valence-corrected chi connectivity index (χ0v) is 21.4. The summed E-state index contributed by atoms with van der Waals surface area (Å²) in [5.74, 6) is -0.542. The highest BCUT2D eigenvalue weighted by Crippen LogP contribution is 2.29. The first-order valence-corrected chi connectivity index (χ1v) is 13.3. The lowest BCUT2D eigenvalue weighted by atomic mass is 9.86. The van der Waals surface area contributed by atoms with Crippen molar-refractivity contribution in [3.05, 3.63) is 59.9 Å². The molecule has 0 aromatic heterocycles. The van der Waals surface area contributed by atoms with Gasteiger partial charge in [0.25, 0.3) is 5.91 Å². The Kier molecular flexibility index (Phi) is 9.56. The van der Waals surface area contributed by atoms with Gasteiger partial charge in [0, 0.05) is 30.6 Å². The highest BCUT2D eigenvalue weighted by Gasteiger charge is 2.28. The molecule has 2 aromatic carbocycles. The summed E-state index contributed by atoms with van der Waals surface area (Å²) < 4.78 is 25.1. The molecule has 2 aliphatic rings. The minimum atomic E-state index is -0.741. The number of halogens is 1. The Morgan fingerprint density at radius 3 is 1.95 bits per heavy atom. The first-order chi connectivity index (χ1) is 18.4. The van der Waals surface area contributed by atoms with Crippen molar-refractivity contribution in [2.45, 2.75) is 63.6 Å². The normalized spacial score (nSPS) is 23.2. The summed E-state index contributed by atoms with van der Waals surface area (Å²) in [7, 11) is 0. The quantitative estimate of drug-likeness (QED) is 0.397. The molecular formula is C29H35FN2O6. The average Bonchev–Trinajstić information content (AvgIpc) is 2.92. The van der Waals surface area contributed by atoms with Gasteiger partial charge in [-0.3, -0.25) is 14.4 Å². The summed E-state index contributed by atoms with van der Waals surface area (Å²) in [5.41, 5.74) is 0.495. The van der Waals surface area contributed by atoms with Crippen molar-refractivity contribution in [1.82, 2.24) is 10.6 Å². The number of rotatable bonds is 10. The molecule has 9 heteroatoms. The van der Waals surface area contributed by atoms with Crippen LogP contribution in [-0.2, 0) is 9.59 Å². The Bertz CT molecular complexity index is 1090. The molecule has 2 saturated carbocycles. The molecule has 2 aromatic rings. The smallest absolute Gasteiger partial charge is 0.306 e. The van der Waals surface area contributed by atoms with Gasteiger partial charge in [-0.1, -0.05) is 6.07 Å². The van der Waals surface area contributed by atoms with Gasteiger partial charge in [0.2, 0.25) is 5.91 Å². The Hall–Kier alpha value is -3.62. The second kappa shape index (κ2) is 13.3. The fourth-order valence-electron chi connectivity index (χ4n) is 5.09. The van der Waals surface area contributed by atoms with Crippen LogP contribution in [0.4, 0.5) is 4.39 Å². The monoisotopic (exact) mass is 526 g/mol. The zero-order chi connectivity index (χ0) is 26.9. The second-order valence-corrected chi connectivity index (χ2v) is 10.0. The van der Waals surface area contributed by atoms with E-state index in [-0.39, 0.29) is 41.7 Å². The molecule has 2 amide bonds. The fourth-order valence-corrected chi connectivity index (χ4v) is 5.09. The molecule has 0 radical (unpaired) electrons. The number of carbonyl (C=O) groups excluding carboxylic acids is 2. The molecule has 204 valence electrons. The van der Waals surface area contributed by atoms with Gasteiger partial charge in [-0.05, 0) is 87.8 Å². The lowest BCUT2D eigenvalue weighted by Crippen LogP contribution is -2.39. The van der Waals surface area contributed by atoms with Crippen LogP contribution in [0.1, 0.15) is 61.7 Å². The number of amides is 2. The number of hydrogen-bond donors (Lipinski definition) is 3. The first-order valence-electron chi connectivity index (χ1n) is 13.3. The van der Waals surface area contributed by atoms with Crippen LogP contribution in [0.25, 0.3) is 0 Å². The van der Waals surface area contributed by atoms with E-state index in [0.717, 1.165) is 12.8 Å². The van der Waals surface area contributed by atoms with Crippen LogP contribution in [0.3, 0.4) is 0 Å². The molecule has 2 aliphatic carbocycles. The molecule has 3 N–H and O–H groups in total. The van der Waals surface area contributed by atoms with Crippen molar-refractivity contribution in [2.24, 2.45) is 11.8 Å². The molecular weight excluding hydrogens is 491 g/mol. The molecule has 0 heterocycles.